The highest BCUT2D eigenvalue weighted by molar-refractivity contribution is 9.10. The van der Waals surface area contributed by atoms with Gasteiger partial charge in [-0.3, -0.25) is 4.90 Å². The van der Waals surface area contributed by atoms with E-state index in [9.17, 15) is 0 Å². The zero-order valence-electron chi connectivity index (χ0n) is 11.4. The van der Waals surface area contributed by atoms with Gasteiger partial charge in [0, 0.05) is 29.6 Å². The zero-order valence-corrected chi connectivity index (χ0v) is 12.9. The average Bonchev–Trinajstić information content (AvgIpc) is 3.01. The molecule has 2 aliphatic rings. The molecule has 0 amide bonds. The van der Waals surface area contributed by atoms with Crippen LogP contribution < -0.4 is 10.1 Å². The number of ether oxygens (including phenoxy) is 1. The Hall–Kier alpha value is -0.580. The number of halogens is 1. The van der Waals surface area contributed by atoms with Crippen LogP contribution in [-0.4, -0.2) is 37.2 Å². The molecule has 2 fully saturated rings. The molecule has 19 heavy (non-hydrogen) atoms. The molecule has 1 N–H and O–H groups in total. The van der Waals surface area contributed by atoms with Crippen molar-refractivity contribution in [3.63, 3.8) is 0 Å². The Balaban J connectivity index is 1.63. The lowest BCUT2D eigenvalue weighted by Gasteiger charge is -2.21. The third kappa shape index (κ3) is 2.81. The van der Waals surface area contributed by atoms with Crippen LogP contribution in [0, 0.1) is 0 Å². The summed E-state index contributed by atoms with van der Waals surface area (Å²) in [6.45, 7) is 3.47. The fraction of sp³-hybridized carbons (Fsp3) is 0.600. The first-order chi connectivity index (χ1) is 9.28. The third-order valence-corrected chi connectivity index (χ3v) is 5.19. The number of nitrogens with zero attached hydrogens (tertiary/aromatic N) is 1. The molecule has 2 heterocycles. The molecule has 0 aliphatic carbocycles. The third-order valence-electron chi connectivity index (χ3n) is 4.41. The monoisotopic (exact) mass is 324 g/mol. The predicted molar refractivity (Wildman–Crippen MR) is 80.5 cm³/mol. The molecule has 4 heteroatoms. The average molecular weight is 325 g/mol. The smallest absolute Gasteiger partial charge is 0.119 e. The van der Waals surface area contributed by atoms with Crippen LogP contribution in [0.4, 0.5) is 0 Å². The maximum absolute atomic E-state index is 5.29. The maximum atomic E-state index is 5.29. The Bertz CT molecular complexity index is 452. The summed E-state index contributed by atoms with van der Waals surface area (Å²) in [5.41, 5.74) is 1.27. The van der Waals surface area contributed by atoms with E-state index in [0.717, 1.165) is 22.8 Å². The first kappa shape index (κ1) is 13.4. The second-order valence-electron chi connectivity index (χ2n) is 5.48. The van der Waals surface area contributed by atoms with Gasteiger partial charge in [0.25, 0.3) is 0 Å². The molecule has 0 radical (unpaired) electrons. The molecule has 3 nitrogen and oxygen atoms in total. The van der Waals surface area contributed by atoms with E-state index in [0.29, 0.717) is 6.04 Å². The Labute approximate surface area is 123 Å². The van der Waals surface area contributed by atoms with Gasteiger partial charge in [0.2, 0.25) is 0 Å². The molecule has 1 aromatic carbocycles. The van der Waals surface area contributed by atoms with Crippen molar-refractivity contribution in [1.29, 1.82) is 0 Å². The Morgan fingerprint density at radius 2 is 2.26 bits per heavy atom. The molecular formula is C15H21BrN2O. The van der Waals surface area contributed by atoms with E-state index in [2.05, 4.69) is 38.3 Å². The minimum Gasteiger partial charge on any atom is -0.497 e. The SMILES string of the molecule is COc1ccc(Br)c(CNC2CCN3CCCC23)c1. The van der Waals surface area contributed by atoms with Crippen LogP contribution in [-0.2, 0) is 6.54 Å². The van der Waals surface area contributed by atoms with Gasteiger partial charge in [-0.25, -0.2) is 0 Å². The topological polar surface area (TPSA) is 24.5 Å². The van der Waals surface area contributed by atoms with Crippen molar-refractivity contribution in [3.05, 3.63) is 28.2 Å². The lowest BCUT2D eigenvalue weighted by molar-refractivity contribution is 0.298. The largest absolute Gasteiger partial charge is 0.497 e. The van der Waals surface area contributed by atoms with E-state index >= 15 is 0 Å². The number of rotatable bonds is 4. The summed E-state index contributed by atoms with van der Waals surface area (Å²) in [6, 6.07) is 7.58. The molecule has 3 rings (SSSR count). The van der Waals surface area contributed by atoms with Gasteiger partial charge in [0.15, 0.2) is 0 Å². The van der Waals surface area contributed by atoms with Gasteiger partial charge < -0.3 is 10.1 Å². The molecule has 2 saturated heterocycles. The van der Waals surface area contributed by atoms with E-state index in [1.807, 2.05) is 6.07 Å². The zero-order chi connectivity index (χ0) is 13.2. The quantitative estimate of drug-likeness (QED) is 0.921. The fourth-order valence-corrected chi connectivity index (χ4v) is 3.76. The molecule has 2 atom stereocenters. The van der Waals surface area contributed by atoms with Gasteiger partial charge in [0.1, 0.15) is 5.75 Å². The highest BCUT2D eigenvalue weighted by atomic mass is 79.9. The highest BCUT2D eigenvalue weighted by Gasteiger charge is 2.36. The van der Waals surface area contributed by atoms with Gasteiger partial charge >= 0.3 is 0 Å². The summed E-state index contributed by atoms with van der Waals surface area (Å²) < 4.78 is 6.45. The van der Waals surface area contributed by atoms with Crippen LogP contribution >= 0.6 is 15.9 Å². The summed E-state index contributed by atoms with van der Waals surface area (Å²) in [4.78, 5) is 2.64. The minimum absolute atomic E-state index is 0.653. The molecule has 1 aromatic rings. The first-order valence-electron chi connectivity index (χ1n) is 7.08. The number of fused-ring (bicyclic) bond motifs is 1. The predicted octanol–water partition coefficient (Wildman–Crippen LogP) is 2.78. The van der Waals surface area contributed by atoms with Crippen LogP contribution in [0.3, 0.4) is 0 Å². The maximum Gasteiger partial charge on any atom is 0.119 e. The summed E-state index contributed by atoms with van der Waals surface area (Å²) in [5.74, 6) is 0.925. The summed E-state index contributed by atoms with van der Waals surface area (Å²) >= 11 is 3.62. The summed E-state index contributed by atoms with van der Waals surface area (Å²) in [5, 5.41) is 3.73. The second-order valence-corrected chi connectivity index (χ2v) is 6.33. The van der Waals surface area contributed by atoms with Crippen LogP contribution in [0.2, 0.25) is 0 Å². The minimum atomic E-state index is 0.653. The van der Waals surface area contributed by atoms with E-state index in [1.165, 1.54) is 37.9 Å². The number of hydrogen-bond donors (Lipinski definition) is 1. The summed E-state index contributed by atoms with van der Waals surface area (Å²) in [7, 11) is 1.72. The van der Waals surface area contributed by atoms with Crippen molar-refractivity contribution in [2.24, 2.45) is 0 Å². The second kappa shape index (κ2) is 5.81. The lowest BCUT2D eigenvalue weighted by atomic mass is 10.1. The number of methoxy groups -OCH3 is 1. The molecule has 0 spiro atoms. The number of hydrogen-bond acceptors (Lipinski definition) is 3. The van der Waals surface area contributed by atoms with Gasteiger partial charge in [-0.2, -0.15) is 0 Å². The Kier molecular flexibility index (Phi) is 4.10. The van der Waals surface area contributed by atoms with Crippen LogP contribution in [0.25, 0.3) is 0 Å². The van der Waals surface area contributed by atoms with E-state index < -0.39 is 0 Å². The number of nitrogens with one attached hydrogen (secondary N) is 1. The van der Waals surface area contributed by atoms with Crippen LogP contribution in [0.1, 0.15) is 24.8 Å². The molecule has 2 unspecified atom stereocenters. The summed E-state index contributed by atoms with van der Waals surface area (Å²) in [6.07, 6.45) is 4.01. The van der Waals surface area contributed by atoms with Gasteiger partial charge in [0.05, 0.1) is 7.11 Å². The first-order valence-corrected chi connectivity index (χ1v) is 7.87. The molecule has 2 aliphatic heterocycles. The van der Waals surface area contributed by atoms with Crippen molar-refractivity contribution in [1.82, 2.24) is 10.2 Å². The fourth-order valence-electron chi connectivity index (χ4n) is 3.38. The Morgan fingerprint density at radius 3 is 3.11 bits per heavy atom. The molecule has 0 bridgehead atoms. The molecular weight excluding hydrogens is 304 g/mol. The van der Waals surface area contributed by atoms with Crippen molar-refractivity contribution in [2.75, 3.05) is 20.2 Å². The molecule has 0 aromatic heterocycles. The highest BCUT2D eigenvalue weighted by Crippen LogP contribution is 2.29. The van der Waals surface area contributed by atoms with Crippen molar-refractivity contribution in [2.45, 2.75) is 37.9 Å². The molecule has 104 valence electrons. The van der Waals surface area contributed by atoms with Crippen molar-refractivity contribution < 1.29 is 4.74 Å². The molecule has 0 saturated carbocycles. The van der Waals surface area contributed by atoms with E-state index in [1.54, 1.807) is 7.11 Å². The lowest BCUT2D eigenvalue weighted by Crippen LogP contribution is -2.38. The standard InChI is InChI=1S/C15H21BrN2O/c1-19-12-4-5-13(16)11(9-12)10-17-14-6-8-18-7-2-3-15(14)18/h4-5,9,14-15,17H,2-3,6-8,10H2,1H3. The van der Waals surface area contributed by atoms with Gasteiger partial charge in [-0.15, -0.1) is 0 Å². The van der Waals surface area contributed by atoms with Crippen LogP contribution in [0.5, 0.6) is 5.75 Å². The normalized spacial score (nSPS) is 26.6. The van der Waals surface area contributed by atoms with Crippen molar-refractivity contribution in [3.8, 4) is 5.75 Å². The van der Waals surface area contributed by atoms with Gasteiger partial charge in [-0.05, 0) is 49.6 Å². The van der Waals surface area contributed by atoms with E-state index in [-0.39, 0.29) is 0 Å². The van der Waals surface area contributed by atoms with Gasteiger partial charge in [-0.1, -0.05) is 15.9 Å². The van der Waals surface area contributed by atoms with E-state index in [4.69, 9.17) is 4.74 Å². The number of benzene rings is 1. The Morgan fingerprint density at radius 1 is 1.37 bits per heavy atom. The van der Waals surface area contributed by atoms with Crippen LogP contribution in [0.15, 0.2) is 22.7 Å². The van der Waals surface area contributed by atoms with Crippen molar-refractivity contribution >= 4 is 15.9 Å².